The van der Waals surface area contributed by atoms with Crippen molar-refractivity contribution in [1.29, 1.82) is 0 Å². The number of hydrogen-bond acceptors (Lipinski definition) is 4. The van der Waals surface area contributed by atoms with Crippen molar-refractivity contribution in [2.24, 2.45) is 0 Å². The molecule has 1 saturated heterocycles. The summed E-state index contributed by atoms with van der Waals surface area (Å²) in [7, 11) is 3.26. The molecular weight excluding hydrogens is 563 g/mol. The van der Waals surface area contributed by atoms with Crippen LogP contribution in [-0.4, -0.2) is 66.7 Å². The topological polar surface area (TPSA) is 76.0 Å². The van der Waals surface area contributed by atoms with Crippen molar-refractivity contribution in [3.05, 3.63) is 94.1 Å². The lowest BCUT2D eigenvalue weighted by Gasteiger charge is -2.34. The van der Waals surface area contributed by atoms with Crippen molar-refractivity contribution in [2.45, 2.75) is 6.92 Å². The largest absolute Gasteiger partial charge is 0.497 e. The highest BCUT2D eigenvalue weighted by Crippen LogP contribution is 2.33. The summed E-state index contributed by atoms with van der Waals surface area (Å²) in [5.74, 6) is 1.38. The number of nitrogens with one attached hydrogen (secondary N) is 1. The number of para-hydroxylation sites is 1. The minimum Gasteiger partial charge on any atom is -0.497 e. The van der Waals surface area contributed by atoms with Crippen LogP contribution in [0.25, 0.3) is 16.9 Å². The molecule has 41 heavy (non-hydrogen) atoms. The number of benzene rings is 3. The van der Waals surface area contributed by atoms with Crippen LogP contribution in [0.1, 0.15) is 16.1 Å². The lowest BCUT2D eigenvalue weighted by atomic mass is 10.1. The first-order valence-corrected chi connectivity index (χ1v) is 13.9. The number of anilines is 1. The van der Waals surface area contributed by atoms with Crippen LogP contribution in [0.15, 0.2) is 72.8 Å². The number of ether oxygens (including phenoxy) is 2. The van der Waals surface area contributed by atoms with Crippen LogP contribution in [0, 0.1) is 6.92 Å². The van der Waals surface area contributed by atoms with E-state index in [1.165, 1.54) is 0 Å². The maximum atomic E-state index is 13.8. The molecule has 0 atom stereocenters. The van der Waals surface area contributed by atoms with Crippen molar-refractivity contribution in [1.82, 2.24) is 14.4 Å². The quantitative estimate of drug-likeness (QED) is 0.268. The zero-order chi connectivity index (χ0) is 29.1. The van der Waals surface area contributed by atoms with Gasteiger partial charge in [-0.1, -0.05) is 35.3 Å². The first kappa shape index (κ1) is 28.4. The second-order valence-corrected chi connectivity index (χ2v) is 10.4. The molecule has 0 aliphatic carbocycles. The van der Waals surface area contributed by atoms with E-state index in [-0.39, 0.29) is 11.9 Å². The molecule has 0 bridgehead atoms. The van der Waals surface area contributed by atoms with Gasteiger partial charge in [0.05, 0.1) is 41.2 Å². The summed E-state index contributed by atoms with van der Waals surface area (Å²) >= 11 is 12.4. The Bertz CT molecular complexity index is 1560. The first-order valence-electron chi connectivity index (χ1n) is 13.1. The fraction of sp³-hybridized carbons (Fsp3) is 0.226. The van der Waals surface area contributed by atoms with Gasteiger partial charge in [-0.15, -0.1) is 0 Å². The smallest absolute Gasteiger partial charge is 0.322 e. The average molecular weight is 594 g/mol. The molecule has 5 rings (SSSR count). The summed E-state index contributed by atoms with van der Waals surface area (Å²) < 4.78 is 12.9. The lowest BCUT2D eigenvalue weighted by Crippen LogP contribution is -2.51. The zero-order valence-electron chi connectivity index (χ0n) is 23.0. The summed E-state index contributed by atoms with van der Waals surface area (Å²) in [6.07, 6.45) is 0. The van der Waals surface area contributed by atoms with E-state index in [1.54, 1.807) is 42.2 Å². The Hall–Kier alpha value is -4.14. The Kier molecular flexibility index (Phi) is 8.42. The van der Waals surface area contributed by atoms with Gasteiger partial charge < -0.3 is 29.2 Å². The Labute approximate surface area is 249 Å². The van der Waals surface area contributed by atoms with Crippen molar-refractivity contribution >= 4 is 40.8 Å². The predicted octanol–water partition coefficient (Wildman–Crippen LogP) is 6.77. The van der Waals surface area contributed by atoms with Crippen LogP contribution in [0.5, 0.6) is 11.5 Å². The molecule has 1 aliphatic heterocycles. The Morgan fingerprint density at radius 2 is 1.39 bits per heavy atom. The number of rotatable bonds is 6. The van der Waals surface area contributed by atoms with Crippen LogP contribution in [0.2, 0.25) is 10.0 Å². The van der Waals surface area contributed by atoms with Crippen LogP contribution in [0.3, 0.4) is 0 Å². The van der Waals surface area contributed by atoms with Gasteiger partial charge in [-0.3, -0.25) is 4.79 Å². The number of methoxy groups -OCH3 is 2. The summed E-state index contributed by atoms with van der Waals surface area (Å²) in [5.41, 5.74) is 4.47. The lowest BCUT2D eigenvalue weighted by molar-refractivity contribution is 0.0671. The Balaban J connectivity index is 1.39. The number of urea groups is 1. The minimum absolute atomic E-state index is 0.0897. The summed E-state index contributed by atoms with van der Waals surface area (Å²) in [6.45, 7) is 3.48. The molecule has 4 aromatic rings. The standard InChI is InChI=1S/C31H30Cl2N4O4/c1-20-25(30(38)35-14-16-36(17-15-35)31(39)34-29-26(32)8-5-9-27(29)33)19-28(21-10-12-23(40-2)13-11-21)37(20)22-6-4-7-24(18-22)41-3/h4-13,18-19H,14-17H2,1-3H3,(H,34,39). The third-order valence-electron chi connectivity index (χ3n) is 7.22. The van der Waals surface area contributed by atoms with Gasteiger partial charge in [-0.25, -0.2) is 4.79 Å². The molecule has 10 heteroatoms. The third-order valence-corrected chi connectivity index (χ3v) is 7.85. The highest BCUT2D eigenvalue weighted by molar-refractivity contribution is 6.39. The minimum atomic E-state index is -0.311. The van der Waals surface area contributed by atoms with Gasteiger partial charge in [-0.2, -0.15) is 0 Å². The first-order chi connectivity index (χ1) is 19.8. The van der Waals surface area contributed by atoms with E-state index in [0.717, 1.165) is 34.1 Å². The molecule has 1 fully saturated rings. The van der Waals surface area contributed by atoms with Gasteiger partial charge in [0.25, 0.3) is 5.91 Å². The van der Waals surface area contributed by atoms with E-state index in [4.69, 9.17) is 32.7 Å². The van der Waals surface area contributed by atoms with Gasteiger partial charge in [0.1, 0.15) is 11.5 Å². The number of aromatic nitrogens is 1. The van der Waals surface area contributed by atoms with E-state index < -0.39 is 0 Å². The average Bonchev–Trinajstić information content (AvgIpc) is 3.35. The van der Waals surface area contributed by atoms with Gasteiger partial charge in [0.15, 0.2) is 0 Å². The Morgan fingerprint density at radius 3 is 2.02 bits per heavy atom. The molecule has 212 valence electrons. The predicted molar refractivity (Wildman–Crippen MR) is 162 cm³/mol. The Morgan fingerprint density at radius 1 is 0.780 bits per heavy atom. The molecule has 0 unspecified atom stereocenters. The van der Waals surface area contributed by atoms with Crippen molar-refractivity contribution in [3.63, 3.8) is 0 Å². The molecule has 3 aromatic carbocycles. The number of carbonyl (C=O) groups excluding carboxylic acids is 2. The van der Waals surface area contributed by atoms with Crippen molar-refractivity contribution < 1.29 is 19.1 Å². The van der Waals surface area contributed by atoms with E-state index in [1.807, 2.05) is 61.5 Å². The van der Waals surface area contributed by atoms with Crippen LogP contribution >= 0.6 is 23.2 Å². The summed E-state index contributed by atoms with van der Waals surface area (Å²) in [6, 6.07) is 22.1. The van der Waals surface area contributed by atoms with E-state index in [2.05, 4.69) is 9.88 Å². The van der Waals surface area contributed by atoms with E-state index >= 15 is 0 Å². The maximum Gasteiger partial charge on any atom is 0.322 e. The van der Waals surface area contributed by atoms with Crippen LogP contribution < -0.4 is 14.8 Å². The second kappa shape index (κ2) is 12.2. The molecule has 3 amide bonds. The molecule has 0 radical (unpaired) electrons. The van der Waals surface area contributed by atoms with Gasteiger partial charge >= 0.3 is 6.03 Å². The molecule has 1 N–H and O–H groups in total. The highest BCUT2D eigenvalue weighted by atomic mass is 35.5. The second-order valence-electron chi connectivity index (χ2n) is 9.60. The van der Waals surface area contributed by atoms with E-state index in [0.29, 0.717) is 47.5 Å². The van der Waals surface area contributed by atoms with E-state index in [9.17, 15) is 9.59 Å². The molecule has 1 aromatic heterocycles. The van der Waals surface area contributed by atoms with Gasteiger partial charge in [0, 0.05) is 43.6 Å². The number of carbonyl (C=O) groups is 2. The number of amides is 3. The van der Waals surface area contributed by atoms with Gasteiger partial charge in [-0.05, 0) is 67.1 Å². The number of nitrogens with zero attached hydrogens (tertiary/aromatic N) is 3. The number of hydrogen-bond donors (Lipinski definition) is 1. The normalized spacial score (nSPS) is 13.2. The number of piperazine rings is 1. The van der Waals surface area contributed by atoms with Crippen LogP contribution in [-0.2, 0) is 0 Å². The zero-order valence-corrected chi connectivity index (χ0v) is 24.5. The third kappa shape index (κ3) is 5.85. The molecular formula is C31H30Cl2N4O4. The van der Waals surface area contributed by atoms with Crippen LogP contribution in [0.4, 0.5) is 10.5 Å². The van der Waals surface area contributed by atoms with Crippen molar-refractivity contribution in [2.75, 3.05) is 45.7 Å². The molecule has 1 aliphatic rings. The number of halogens is 2. The molecule has 8 nitrogen and oxygen atoms in total. The fourth-order valence-corrected chi connectivity index (χ4v) is 5.46. The van der Waals surface area contributed by atoms with Crippen molar-refractivity contribution in [3.8, 4) is 28.4 Å². The fourth-order valence-electron chi connectivity index (χ4n) is 4.97. The van der Waals surface area contributed by atoms with Gasteiger partial charge in [0.2, 0.25) is 0 Å². The molecule has 0 spiro atoms. The highest BCUT2D eigenvalue weighted by Gasteiger charge is 2.28. The SMILES string of the molecule is COc1ccc(-c2cc(C(=O)N3CCN(C(=O)Nc4c(Cl)cccc4Cl)CC3)c(C)n2-c2cccc(OC)c2)cc1. The monoisotopic (exact) mass is 592 g/mol. The molecule has 2 heterocycles. The molecule has 0 saturated carbocycles. The maximum absolute atomic E-state index is 13.8. The summed E-state index contributed by atoms with van der Waals surface area (Å²) in [5, 5.41) is 3.52. The summed E-state index contributed by atoms with van der Waals surface area (Å²) in [4.78, 5) is 30.2.